The molecule has 1 aromatic heterocycles. The minimum Gasteiger partial charge on any atom is -0.395 e. The molecular weight excluding hydrogens is 258 g/mol. The zero-order valence-electron chi connectivity index (χ0n) is 11.9. The number of rotatable bonds is 3. The van der Waals surface area contributed by atoms with E-state index in [1.165, 1.54) is 0 Å². The molecule has 2 amide bonds. The van der Waals surface area contributed by atoms with Gasteiger partial charge >= 0.3 is 0 Å². The van der Waals surface area contributed by atoms with E-state index in [-0.39, 0.29) is 11.6 Å². The van der Waals surface area contributed by atoms with Crippen LogP contribution in [0.15, 0.2) is 0 Å². The summed E-state index contributed by atoms with van der Waals surface area (Å²) in [7, 11) is 0. The van der Waals surface area contributed by atoms with Crippen molar-refractivity contribution in [3.8, 4) is 0 Å². The van der Waals surface area contributed by atoms with Gasteiger partial charge in [-0.3, -0.25) is 14.7 Å². The number of H-pyrrole nitrogens is 1. The van der Waals surface area contributed by atoms with E-state index in [9.17, 15) is 9.59 Å². The Labute approximate surface area is 117 Å². The number of nitrogen functional groups attached to an aromatic ring is 1. The number of amides is 2. The number of hydrogen-bond acceptors (Lipinski definition) is 4. The summed E-state index contributed by atoms with van der Waals surface area (Å²) in [4.78, 5) is 26.0. The van der Waals surface area contributed by atoms with Crippen LogP contribution in [-0.4, -0.2) is 46.0 Å². The first kappa shape index (κ1) is 14.4. The number of anilines is 1. The topological polar surface area (TPSA) is 104 Å². The van der Waals surface area contributed by atoms with Crippen LogP contribution in [0, 0.1) is 6.92 Å². The van der Waals surface area contributed by atoms with Crippen molar-refractivity contribution in [1.29, 1.82) is 0 Å². The van der Waals surface area contributed by atoms with Crippen molar-refractivity contribution in [3.63, 3.8) is 0 Å². The Bertz CT molecular complexity index is 505. The van der Waals surface area contributed by atoms with Gasteiger partial charge in [0.2, 0.25) is 5.91 Å². The third-order valence-electron chi connectivity index (χ3n) is 3.60. The van der Waals surface area contributed by atoms with Gasteiger partial charge < -0.3 is 16.0 Å². The molecule has 2 rings (SSSR count). The summed E-state index contributed by atoms with van der Waals surface area (Å²) in [5.41, 5.74) is 6.85. The SMILES string of the molecule is Cc1[nH]nc(C(=O)NC(C)C(=O)N2CCCCC2)c1N. The lowest BCUT2D eigenvalue weighted by Crippen LogP contribution is -2.48. The largest absolute Gasteiger partial charge is 0.395 e. The van der Waals surface area contributed by atoms with E-state index in [0.29, 0.717) is 11.4 Å². The molecule has 1 fully saturated rings. The van der Waals surface area contributed by atoms with Gasteiger partial charge in [0.1, 0.15) is 6.04 Å². The Hall–Kier alpha value is -2.05. The molecule has 7 nitrogen and oxygen atoms in total. The number of nitrogens with one attached hydrogen (secondary N) is 2. The lowest BCUT2D eigenvalue weighted by atomic mass is 10.1. The van der Waals surface area contributed by atoms with Gasteiger partial charge in [-0.15, -0.1) is 0 Å². The van der Waals surface area contributed by atoms with Gasteiger partial charge in [-0.25, -0.2) is 0 Å². The number of nitrogens with two attached hydrogens (primary N) is 1. The third kappa shape index (κ3) is 2.92. The standard InChI is InChI=1S/C13H21N5O2/c1-8-10(14)11(17-16-8)12(19)15-9(2)13(20)18-6-4-3-5-7-18/h9H,3-7,14H2,1-2H3,(H,15,19)(H,16,17). The van der Waals surface area contributed by atoms with Crippen molar-refractivity contribution in [3.05, 3.63) is 11.4 Å². The van der Waals surface area contributed by atoms with Gasteiger partial charge in [-0.05, 0) is 33.1 Å². The Kier molecular flexibility index (Phi) is 4.26. The molecule has 20 heavy (non-hydrogen) atoms. The number of likely N-dealkylation sites (tertiary alicyclic amines) is 1. The zero-order valence-corrected chi connectivity index (χ0v) is 11.9. The molecule has 0 aliphatic carbocycles. The van der Waals surface area contributed by atoms with E-state index in [1.54, 1.807) is 18.7 Å². The highest BCUT2D eigenvalue weighted by atomic mass is 16.2. The molecule has 0 bridgehead atoms. The number of aromatic amines is 1. The summed E-state index contributed by atoms with van der Waals surface area (Å²) < 4.78 is 0. The number of piperidine rings is 1. The fourth-order valence-electron chi connectivity index (χ4n) is 2.33. The van der Waals surface area contributed by atoms with Gasteiger partial charge in [0, 0.05) is 13.1 Å². The van der Waals surface area contributed by atoms with Crippen LogP contribution in [0.25, 0.3) is 0 Å². The molecule has 0 aromatic carbocycles. The number of hydrogen-bond donors (Lipinski definition) is 3. The van der Waals surface area contributed by atoms with Crippen LogP contribution < -0.4 is 11.1 Å². The van der Waals surface area contributed by atoms with Gasteiger partial charge in [0.15, 0.2) is 5.69 Å². The minimum absolute atomic E-state index is 0.0520. The smallest absolute Gasteiger partial charge is 0.274 e. The van der Waals surface area contributed by atoms with Crippen molar-refractivity contribution in [2.45, 2.75) is 39.2 Å². The lowest BCUT2D eigenvalue weighted by Gasteiger charge is -2.29. The van der Waals surface area contributed by atoms with Crippen molar-refractivity contribution < 1.29 is 9.59 Å². The second-order valence-corrected chi connectivity index (χ2v) is 5.19. The van der Waals surface area contributed by atoms with Crippen LogP contribution in [0.5, 0.6) is 0 Å². The maximum atomic E-state index is 12.2. The molecule has 1 atom stereocenters. The number of aryl methyl sites for hydroxylation is 1. The third-order valence-corrected chi connectivity index (χ3v) is 3.60. The van der Waals surface area contributed by atoms with E-state index in [2.05, 4.69) is 15.5 Å². The Morgan fingerprint density at radius 1 is 1.35 bits per heavy atom. The molecule has 1 saturated heterocycles. The number of carbonyl (C=O) groups excluding carboxylic acids is 2. The molecule has 1 aliphatic heterocycles. The molecular formula is C13H21N5O2. The summed E-state index contributed by atoms with van der Waals surface area (Å²) in [6.45, 7) is 4.96. The zero-order chi connectivity index (χ0) is 14.7. The first-order valence-electron chi connectivity index (χ1n) is 6.90. The fraction of sp³-hybridized carbons (Fsp3) is 0.615. The molecule has 0 saturated carbocycles. The summed E-state index contributed by atoms with van der Waals surface area (Å²) in [5.74, 6) is -0.478. The molecule has 4 N–H and O–H groups in total. The molecule has 7 heteroatoms. The van der Waals surface area contributed by atoms with E-state index in [1.807, 2.05) is 0 Å². The average Bonchev–Trinajstić information content (AvgIpc) is 2.79. The maximum Gasteiger partial charge on any atom is 0.274 e. The lowest BCUT2D eigenvalue weighted by molar-refractivity contribution is -0.133. The summed E-state index contributed by atoms with van der Waals surface area (Å²) in [5, 5.41) is 9.16. The van der Waals surface area contributed by atoms with Crippen molar-refractivity contribution in [2.24, 2.45) is 0 Å². The first-order chi connectivity index (χ1) is 9.50. The number of aromatic nitrogens is 2. The number of carbonyl (C=O) groups is 2. The van der Waals surface area contributed by atoms with Gasteiger partial charge in [-0.2, -0.15) is 5.10 Å². The van der Waals surface area contributed by atoms with Crippen LogP contribution in [0.3, 0.4) is 0 Å². The van der Waals surface area contributed by atoms with Crippen LogP contribution in [-0.2, 0) is 4.79 Å². The molecule has 0 radical (unpaired) electrons. The first-order valence-corrected chi connectivity index (χ1v) is 6.90. The second-order valence-electron chi connectivity index (χ2n) is 5.19. The van der Waals surface area contributed by atoms with Gasteiger partial charge in [0.05, 0.1) is 11.4 Å². The fourth-order valence-corrected chi connectivity index (χ4v) is 2.33. The predicted molar refractivity (Wildman–Crippen MR) is 75.1 cm³/mol. The Morgan fingerprint density at radius 2 is 2.00 bits per heavy atom. The highest BCUT2D eigenvalue weighted by Crippen LogP contribution is 2.13. The second kappa shape index (κ2) is 5.94. The van der Waals surface area contributed by atoms with Crippen molar-refractivity contribution >= 4 is 17.5 Å². The van der Waals surface area contributed by atoms with E-state index < -0.39 is 11.9 Å². The normalized spacial score (nSPS) is 16.8. The monoisotopic (exact) mass is 279 g/mol. The van der Waals surface area contributed by atoms with Gasteiger partial charge in [-0.1, -0.05) is 0 Å². The highest BCUT2D eigenvalue weighted by Gasteiger charge is 2.25. The van der Waals surface area contributed by atoms with Crippen LogP contribution >= 0.6 is 0 Å². The molecule has 2 heterocycles. The van der Waals surface area contributed by atoms with Crippen molar-refractivity contribution in [2.75, 3.05) is 18.8 Å². The Morgan fingerprint density at radius 3 is 2.55 bits per heavy atom. The van der Waals surface area contributed by atoms with E-state index >= 15 is 0 Å². The Balaban J connectivity index is 1.96. The minimum atomic E-state index is -0.572. The summed E-state index contributed by atoms with van der Waals surface area (Å²) in [6.07, 6.45) is 3.21. The quantitative estimate of drug-likeness (QED) is 0.746. The molecule has 110 valence electrons. The van der Waals surface area contributed by atoms with Crippen LogP contribution in [0.2, 0.25) is 0 Å². The van der Waals surface area contributed by atoms with Crippen LogP contribution in [0.4, 0.5) is 5.69 Å². The molecule has 1 aliphatic rings. The molecule has 1 unspecified atom stereocenters. The van der Waals surface area contributed by atoms with E-state index in [0.717, 1.165) is 32.4 Å². The highest BCUT2D eigenvalue weighted by molar-refractivity contribution is 6.00. The molecule has 0 spiro atoms. The molecule has 1 aromatic rings. The predicted octanol–water partition coefficient (Wildman–Crippen LogP) is 0.431. The van der Waals surface area contributed by atoms with Crippen molar-refractivity contribution in [1.82, 2.24) is 20.4 Å². The van der Waals surface area contributed by atoms with E-state index in [4.69, 9.17) is 5.73 Å². The maximum absolute atomic E-state index is 12.2. The van der Waals surface area contributed by atoms with Crippen LogP contribution in [0.1, 0.15) is 42.4 Å². The average molecular weight is 279 g/mol. The summed E-state index contributed by atoms with van der Waals surface area (Å²) >= 11 is 0. The van der Waals surface area contributed by atoms with Gasteiger partial charge in [0.25, 0.3) is 5.91 Å². The number of nitrogens with zero attached hydrogens (tertiary/aromatic N) is 2. The summed E-state index contributed by atoms with van der Waals surface area (Å²) in [6, 6.07) is -0.572.